The van der Waals surface area contributed by atoms with E-state index in [4.69, 9.17) is 4.74 Å². The minimum Gasteiger partial charge on any atom is -0.393 e. The average molecular weight is 176 g/mol. The van der Waals surface area contributed by atoms with Crippen molar-refractivity contribution >= 4 is 0 Å². The van der Waals surface area contributed by atoms with E-state index in [1.165, 1.54) is 0 Å². The largest absolute Gasteiger partial charge is 0.393 e. The van der Waals surface area contributed by atoms with Crippen molar-refractivity contribution in [2.75, 3.05) is 13.7 Å². The van der Waals surface area contributed by atoms with Gasteiger partial charge in [-0.15, -0.1) is 0 Å². The van der Waals surface area contributed by atoms with Gasteiger partial charge >= 0.3 is 0 Å². The highest BCUT2D eigenvalue weighted by molar-refractivity contribution is 4.67. The third kappa shape index (κ3) is 4.70. The summed E-state index contributed by atoms with van der Waals surface area (Å²) in [5.74, 6) is 0.176. The molecule has 3 nitrogen and oxygen atoms in total. The molecule has 0 radical (unpaired) electrons. The lowest BCUT2D eigenvalue weighted by atomic mass is 9.94. The highest BCUT2D eigenvalue weighted by Crippen LogP contribution is 2.15. The Labute approximate surface area is 74.4 Å². The fraction of sp³-hybridized carbons (Fsp3) is 1.00. The van der Waals surface area contributed by atoms with Crippen molar-refractivity contribution in [3.05, 3.63) is 0 Å². The van der Waals surface area contributed by atoms with Crippen molar-refractivity contribution in [2.24, 2.45) is 5.92 Å². The van der Waals surface area contributed by atoms with Crippen LogP contribution in [-0.2, 0) is 4.74 Å². The van der Waals surface area contributed by atoms with Crippen LogP contribution < -0.4 is 0 Å². The number of aliphatic hydroxyl groups excluding tert-OH is 2. The summed E-state index contributed by atoms with van der Waals surface area (Å²) < 4.78 is 4.80. The minimum absolute atomic E-state index is 0.176. The summed E-state index contributed by atoms with van der Waals surface area (Å²) in [7, 11) is 1.56. The van der Waals surface area contributed by atoms with Crippen molar-refractivity contribution < 1.29 is 14.9 Å². The van der Waals surface area contributed by atoms with Gasteiger partial charge in [0, 0.05) is 7.11 Å². The molecule has 2 N–H and O–H groups in total. The van der Waals surface area contributed by atoms with Gasteiger partial charge in [0.05, 0.1) is 18.8 Å². The summed E-state index contributed by atoms with van der Waals surface area (Å²) in [6.45, 7) is 4.12. The molecule has 0 aliphatic rings. The molecule has 3 unspecified atom stereocenters. The number of rotatable bonds is 6. The smallest absolute Gasteiger partial charge is 0.0777 e. The van der Waals surface area contributed by atoms with Crippen LogP contribution in [0.15, 0.2) is 0 Å². The van der Waals surface area contributed by atoms with Crippen molar-refractivity contribution in [2.45, 2.75) is 38.9 Å². The lowest BCUT2D eigenvalue weighted by Gasteiger charge is -2.20. The Balaban J connectivity index is 3.69. The first-order chi connectivity index (χ1) is 5.61. The predicted molar refractivity (Wildman–Crippen MR) is 48.0 cm³/mol. The second-order valence-electron chi connectivity index (χ2n) is 3.25. The van der Waals surface area contributed by atoms with Gasteiger partial charge in [0.2, 0.25) is 0 Å². The SMILES string of the molecule is CCC(CC(O)COC)C(C)O. The van der Waals surface area contributed by atoms with E-state index in [1.54, 1.807) is 14.0 Å². The number of ether oxygens (including phenoxy) is 1. The first kappa shape index (κ1) is 11.9. The molecule has 0 aliphatic heterocycles. The predicted octanol–water partition coefficient (Wildman–Crippen LogP) is 0.791. The van der Waals surface area contributed by atoms with Crippen LogP contribution in [0, 0.1) is 5.92 Å². The van der Waals surface area contributed by atoms with E-state index >= 15 is 0 Å². The zero-order valence-electron chi connectivity index (χ0n) is 8.16. The fourth-order valence-electron chi connectivity index (χ4n) is 1.31. The van der Waals surface area contributed by atoms with Crippen LogP contribution in [0.3, 0.4) is 0 Å². The zero-order chi connectivity index (χ0) is 9.56. The Bertz CT molecular complexity index is 104. The summed E-state index contributed by atoms with van der Waals surface area (Å²) in [6, 6.07) is 0. The molecule has 74 valence electrons. The van der Waals surface area contributed by atoms with E-state index in [1.807, 2.05) is 6.92 Å². The summed E-state index contributed by atoms with van der Waals surface area (Å²) in [4.78, 5) is 0. The van der Waals surface area contributed by atoms with Crippen LogP contribution in [0.5, 0.6) is 0 Å². The van der Waals surface area contributed by atoms with Crippen LogP contribution in [0.25, 0.3) is 0 Å². The standard InChI is InChI=1S/C9H20O3/c1-4-8(7(2)10)5-9(11)6-12-3/h7-11H,4-6H2,1-3H3. The quantitative estimate of drug-likeness (QED) is 0.629. The second kappa shape index (κ2) is 6.40. The number of methoxy groups -OCH3 is 1. The van der Waals surface area contributed by atoms with Gasteiger partial charge in [-0.05, 0) is 19.3 Å². The van der Waals surface area contributed by atoms with Gasteiger partial charge in [-0.1, -0.05) is 13.3 Å². The second-order valence-corrected chi connectivity index (χ2v) is 3.25. The van der Waals surface area contributed by atoms with Crippen LogP contribution >= 0.6 is 0 Å². The third-order valence-electron chi connectivity index (χ3n) is 2.14. The summed E-state index contributed by atoms with van der Waals surface area (Å²) in [5.41, 5.74) is 0. The molecular weight excluding hydrogens is 156 g/mol. The summed E-state index contributed by atoms with van der Waals surface area (Å²) >= 11 is 0. The van der Waals surface area contributed by atoms with Gasteiger partial charge in [0.15, 0.2) is 0 Å². The van der Waals surface area contributed by atoms with Gasteiger partial charge in [-0.2, -0.15) is 0 Å². The van der Waals surface area contributed by atoms with Crippen molar-refractivity contribution in [1.29, 1.82) is 0 Å². The van der Waals surface area contributed by atoms with Crippen molar-refractivity contribution in [3.63, 3.8) is 0 Å². The molecule has 3 heteroatoms. The highest BCUT2D eigenvalue weighted by atomic mass is 16.5. The fourth-order valence-corrected chi connectivity index (χ4v) is 1.31. The van der Waals surface area contributed by atoms with Gasteiger partial charge < -0.3 is 14.9 Å². The third-order valence-corrected chi connectivity index (χ3v) is 2.14. The highest BCUT2D eigenvalue weighted by Gasteiger charge is 2.16. The van der Waals surface area contributed by atoms with Crippen LogP contribution in [0.4, 0.5) is 0 Å². The lowest BCUT2D eigenvalue weighted by molar-refractivity contribution is 0.0239. The number of hydrogen-bond donors (Lipinski definition) is 2. The van der Waals surface area contributed by atoms with Gasteiger partial charge in [0.1, 0.15) is 0 Å². The normalized spacial score (nSPS) is 18.8. The molecule has 0 heterocycles. The number of aliphatic hydroxyl groups is 2. The summed E-state index contributed by atoms with van der Waals surface area (Å²) in [5, 5.41) is 18.6. The Morgan fingerprint density at radius 2 is 1.92 bits per heavy atom. The molecular formula is C9H20O3. The Morgan fingerprint density at radius 3 is 2.25 bits per heavy atom. The maximum Gasteiger partial charge on any atom is 0.0777 e. The Kier molecular flexibility index (Phi) is 6.34. The molecule has 0 spiro atoms. The monoisotopic (exact) mass is 176 g/mol. The first-order valence-corrected chi connectivity index (χ1v) is 4.46. The van der Waals surface area contributed by atoms with E-state index in [0.29, 0.717) is 13.0 Å². The van der Waals surface area contributed by atoms with Crippen LogP contribution in [0.1, 0.15) is 26.7 Å². The molecule has 0 amide bonds. The molecule has 0 aromatic heterocycles. The van der Waals surface area contributed by atoms with Crippen molar-refractivity contribution in [1.82, 2.24) is 0 Å². The molecule has 0 saturated heterocycles. The number of hydrogen-bond acceptors (Lipinski definition) is 3. The van der Waals surface area contributed by atoms with Gasteiger partial charge in [-0.25, -0.2) is 0 Å². The van der Waals surface area contributed by atoms with E-state index in [2.05, 4.69) is 0 Å². The van der Waals surface area contributed by atoms with Crippen LogP contribution in [0.2, 0.25) is 0 Å². The molecule has 0 bridgehead atoms. The Hall–Kier alpha value is -0.120. The molecule has 0 rings (SSSR count). The molecule has 0 aliphatic carbocycles. The maximum absolute atomic E-state index is 9.36. The Morgan fingerprint density at radius 1 is 1.33 bits per heavy atom. The maximum atomic E-state index is 9.36. The lowest BCUT2D eigenvalue weighted by Crippen LogP contribution is -2.24. The van der Waals surface area contributed by atoms with E-state index < -0.39 is 6.10 Å². The van der Waals surface area contributed by atoms with E-state index in [9.17, 15) is 10.2 Å². The van der Waals surface area contributed by atoms with Crippen LogP contribution in [-0.4, -0.2) is 36.1 Å². The van der Waals surface area contributed by atoms with Crippen molar-refractivity contribution in [3.8, 4) is 0 Å². The molecule has 0 saturated carbocycles. The summed E-state index contributed by atoms with van der Waals surface area (Å²) in [6.07, 6.45) is 0.705. The average Bonchev–Trinajstić information content (AvgIpc) is 2.00. The molecule has 0 aromatic rings. The molecule has 0 aromatic carbocycles. The van der Waals surface area contributed by atoms with Gasteiger partial charge in [-0.3, -0.25) is 0 Å². The van der Waals surface area contributed by atoms with Gasteiger partial charge in [0.25, 0.3) is 0 Å². The molecule has 3 atom stereocenters. The van der Waals surface area contributed by atoms with E-state index in [0.717, 1.165) is 6.42 Å². The topological polar surface area (TPSA) is 49.7 Å². The van der Waals surface area contributed by atoms with E-state index in [-0.39, 0.29) is 12.0 Å². The minimum atomic E-state index is -0.449. The molecule has 12 heavy (non-hydrogen) atoms. The molecule has 0 fully saturated rings. The zero-order valence-corrected chi connectivity index (χ0v) is 8.16. The first-order valence-electron chi connectivity index (χ1n) is 4.46.